The van der Waals surface area contributed by atoms with Gasteiger partial charge in [0, 0.05) is 56.4 Å². The molecule has 0 aromatic heterocycles. The van der Waals surface area contributed by atoms with E-state index in [4.69, 9.17) is 0 Å². The molecule has 0 radical (unpaired) electrons. The molecule has 0 aliphatic carbocycles. The first-order valence-electron chi connectivity index (χ1n) is 8.23. The minimum atomic E-state index is -0.221. The zero-order valence-corrected chi connectivity index (χ0v) is 13.5. The quantitative estimate of drug-likeness (QED) is 0.870. The number of likely N-dealkylation sites (N-methyl/N-ethyl adjacent to an activating group) is 1. The average molecular weight is 316 g/mol. The van der Waals surface area contributed by atoms with Gasteiger partial charge in [0.15, 0.2) is 0 Å². The van der Waals surface area contributed by atoms with E-state index < -0.39 is 0 Å². The lowest BCUT2D eigenvalue weighted by molar-refractivity contribution is -0.129. The largest absolute Gasteiger partial charge is 0.369 e. The third-order valence-electron chi connectivity index (χ3n) is 4.62. The number of carbonyl (C=O) groups excluding carboxylic acids is 2. The second-order valence-electron chi connectivity index (χ2n) is 6.37. The van der Waals surface area contributed by atoms with Gasteiger partial charge in [0.25, 0.3) is 0 Å². The summed E-state index contributed by atoms with van der Waals surface area (Å²) in [5.74, 6) is -0.324. The van der Waals surface area contributed by atoms with Gasteiger partial charge >= 0.3 is 0 Å². The Hall–Kier alpha value is -2.08. The molecule has 0 saturated carbocycles. The molecule has 2 saturated heterocycles. The number of piperidine rings is 1. The molecule has 2 amide bonds. The average Bonchev–Trinajstić information content (AvgIpc) is 2.56. The monoisotopic (exact) mass is 316 g/mol. The zero-order valence-electron chi connectivity index (χ0n) is 13.5. The summed E-state index contributed by atoms with van der Waals surface area (Å²) in [6.45, 7) is 4.78. The Balaban J connectivity index is 1.57. The third-order valence-corrected chi connectivity index (χ3v) is 4.62. The van der Waals surface area contributed by atoms with Crippen LogP contribution in [0.5, 0.6) is 0 Å². The summed E-state index contributed by atoms with van der Waals surface area (Å²) in [5, 5.41) is 5.67. The second-order valence-corrected chi connectivity index (χ2v) is 6.37. The van der Waals surface area contributed by atoms with Gasteiger partial charge in [-0.25, -0.2) is 0 Å². The van der Waals surface area contributed by atoms with Gasteiger partial charge in [0.2, 0.25) is 11.8 Å². The first-order valence-corrected chi connectivity index (χ1v) is 8.23. The van der Waals surface area contributed by atoms with Gasteiger partial charge in [-0.1, -0.05) is 0 Å². The van der Waals surface area contributed by atoms with E-state index in [2.05, 4.69) is 39.6 Å². The highest BCUT2D eigenvalue weighted by Gasteiger charge is 2.25. The summed E-state index contributed by atoms with van der Waals surface area (Å²) in [5.41, 5.74) is 1.98. The number of hydrogen-bond donors (Lipinski definition) is 2. The fourth-order valence-electron chi connectivity index (χ4n) is 3.07. The van der Waals surface area contributed by atoms with Gasteiger partial charge < -0.3 is 20.4 Å². The Morgan fingerprint density at radius 3 is 2.52 bits per heavy atom. The molecule has 2 aliphatic rings. The van der Waals surface area contributed by atoms with Crippen molar-refractivity contribution in [2.24, 2.45) is 5.92 Å². The molecule has 2 aliphatic heterocycles. The van der Waals surface area contributed by atoms with Gasteiger partial charge in [-0.3, -0.25) is 9.59 Å². The number of carbonyl (C=O) groups is 2. The van der Waals surface area contributed by atoms with Crippen molar-refractivity contribution in [2.45, 2.75) is 12.8 Å². The first-order chi connectivity index (χ1) is 11.1. The molecule has 0 spiro atoms. The number of rotatable bonds is 3. The van der Waals surface area contributed by atoms with Gasteiger partial charge in [0.1, 0.15) is 0 Å². The molecule has 1 unspecified atom stereocenters. The lowest BCUT2D eigenvalue weighted by Crippen LogP contribution is -2.44. The SMILES string of the molecule is CN1CCN(c2ccc(NC(=O)C3CCNC(=O)C3)cc2)CC1. The summed E-state index contributed by atoms with van der Waals surface area (Å²) < 4.78 is 0. The van der Waals surface area contributed by atoms with Crippen LogP contribution in [0.1, 0.15) is 12.8 Å². The number of anilines is 2. The molecule has 1 atom stereocenters. The first kappa shape index (κ1) is 15.8. The minimum Gasteiger partial charge on any atom is -0.369 e. The lowest BCUT2D eigenvalue weighted by Gasteiger charge is -2.34. The van der Waals surface area contributed by atoms with E-state index >= 15 is 0 Å². The van der Waals surface area contributed by atoms with Crippen molar-refractivity contribution in [1.29, 1.82) is 0 Å². The van der Waals surface area contributed by atoms with E-state index in [-0.39, 0.29) is 24.2 Å². The number of nitrogens with zero attached hydrogens (tertiary/aromatic N) is 2. The van der Waals surface area contributed by atoms with Crippen LogP contribution in [0.2, 0.25) is 0 Å². The molecule has 2 N–H and O–H groups in total. The van der Waals surface area contributed by atoms with Crippen molar-refractivity contribution in [3.63, 3.8) is 0 Å². The van der Waals surface area contributed by atoms with Crippen molar-refractivity contribution >= 4 is 23.2 Å². The topological polar surface area (TPSA) is 64.7 Å². The Bertz CT molecular complexity index is 564. The molecule has 23 heavy (non-hydrogen) atoms. The number of hydrogen-bond acceptors (Lipinski definition) is 4. The maximum atomic E-state index is 12.2. The second kappa shape index (κ2) is 7.00. The molecule has 1 aromatic carbocycles. The van der Waals surface area contributed by atoms with E-state index in [9.17, 15) is 9.59 Å². The minimum absolute atomic E-state index is 0.0400. The molecular weight excluding hydrogens is 292 g/mol. The maximum absolute atomic E-state index is 12.2. The van der Waals surface area contributed by atoms with Crippen LogP contribution in [0.3, 0.4) is 0 Å². The molecule has 2 fully saturated rings. The van der Waals surface area contributed by atoms with Crippen LogP contribution in [0.4, 0.5) is 11.4 Å². The van der Waals surface area contributed by atoms with E-state index in [1.807, 2.05) is 12.1 Å². The molecule has 6 heteroatoms. The summed E-state index contributed by atoms with van der Waals surface area (Å²) in [7, 11) is 2.14. The number of amides is 2. The van der Waals surface area contributed by atoms with Crippen molar-refractivity contribution in [1.82, 2.24) is 10.2 Å². The Labute approximate surface area is 136 Å². The van der Waals surface area contributed by atoms with Gasteiger partial charge in [-0.15, -0.1) is 0 Å². The molecule has 124 valence electrons. The van der Waals surface area contributed by atoms with E-state index in [1.165, 1.54) is 5.69 Å². The summed E-state index contributed by atoms with van der Waals surface area (Å²) >= 11 is 0. The van der Waals surface area contributed by atoms with Crippen LogP contribution in [0, 0.1) is 5.92 Å². The van der Waals surface area contributed by atoms with Gasteiger partial charge in [-0.2, -0.15) is 0 Å². The van der Waals surface area contributed by atoms with Crippen LogP contribution in [0.25, 0.3) is 0 Å². The Morgan fingerprint density at radius 2 is 1.87 bits per heavy atom. The highest BCUT2D eigenvalue weighted by Crippen LogP contribution is 2.21. The number of nitrogens with one attached hydrogen (secondary N) is 2. The van der Waals surface area contributed by atoms with Crippen molar-refractivity contribution < 1.29 is 9.59 Å². The van der Waals surface area contributed by atoms with Crippen LogP contribution in [-0.2, 0) is 9.59 Å². The fourth-order valence-corrected chi connectivity index (χ4v) is 3.07. The molecular formula is C17H24N4O2. The molecule has 6 nitrogen and oxygen atoms in total. The smallest absolute Gasteiger partial charge is 0.228 e. The van der Waals surface area contributed by atoms with Crippen molar-refractivity contribution in [3.8, 4) is 0 Å². The van der Waals surface area contributed by atoms with Crippen LogP contribution in [0.15, 0.2) is 24.3 Å². The van der Waals surface area contributed by atoms with E-state index in [1.54, 1.807) is 0 Å². The van der Waals surface area contributed by atoms with Crippen molar-refractivity contribution in [2.75, 3.05) is 50.0 Å². The Kier molecular flexibility index (Phi) is 4.81. The van der Waals surface area contributed by atoms with E-state index in [0.29, 0.717) is 13.0 Å². The summed E-state index contributed by atoms with van der Waals surface area (Å²) in [6, 6.07) is 7.98. The standard InChI is InChI=1S/C17H24N4O2/c1-20-8-10-21(11-9-20)15-4-2-14(3-5-15)19-17(23)13-6-7-18-16(22)12-13/h2-5,13H,6-12H2,1H3,(H,18,22)(H,19,23). The molecule has 0 bridgehead atoms. The van der Waals surface area contributed by atoms with Crippen LogP contribution < -0.4 is 15.5 Å². The predicted octanol–water partition coefficient (Wildman–Crippen LogP) is 0.903. The highest BCUT2D eigenvalue weighted by atomic mass is 16.2. The molecule has 1 aromatic rings. The fraction of sp³-hybridized carbons (Fsp3) is 0.529. The van der Waals surface area contributed by atoms with E-state index in [0.717, 1.165) is 31.9 Å². The maximum Gasteiger partial charge on any atom is 0.228 e. The van der Waals surface area contributed by atoms with Crippen molar-refractivity contribution in [3.05, 3.63) is 24.3 Å². The zero-order chi connectivity index (χ0) is 16.2. The highest BCUT2D eigenvalue weighted by molar-refractivity contribution is 5.95. The van der Waals surface area contributed by atoms with Crippen LogP contribution >= 0.6 is 0 Å². The summed E-state index contributed by atoms with van der Waals surface area (Å²) in [4.78, 5) is 28.3. The number of piperazine rings is 1. The van der Waals surface area contributed by atoms with Gasteiger partial charge in [-0.05, 0) is 37.7 Å². The predicted molar refractivity (Wildman–Crippen MR) is 90.5 cm³/mol. The Morgan fingerprint density at radius 1 is 1.17 bits per heavy atom. The molecule has 3 rings (SSSR count). The van der Waals surface area contributed by atoms with Gasteiger partial charge in [0.05, 0.1) is 0 Å². The normalized spacial score (nSPS) is 22.6. The molecule has 2 heterocycles. The lowest BCUT2D eigenvalue weighted by atomic mass is 9.96. The third kappa shape index (κ3) is 4.01. The van der Waals surface area contributed by atoms with Crippen LogP contribution in [-0.4, -0.2) is 56.5 Å². The summed E-state index contributed by atoms with van der Waals surface area (Å²) in [6.07, 6.45) is 0.988. The number of benzene rings is 1.